The molecule has 2 aromatic carbocycles. The molecule has 0 aromatic heterocycles. The number of halogens is 2. The van der Waals surface area contributed by atoms with Gasteiger partial charge in [0.15, 0.2) is 0 Å². The van der Waals surface area contributed by atoms with Crippen molar-refractivity contribution < 1.29 is 9.59 Å². The Morgan fingerprint density at radius 2 is 1.74 bits per heavy atom. The zero-order valence-electron chi connectivity index (χ0n) is 27.4. The van der Waals surface area contributed by atoms with Gasteiger partial charge in [-0.25, -0.2) is 0 Å². The molecule has 10 nitrogen and oxygen atoms in total. The van der Waals surface area contributed by atoms with E-state index < -0.39 is 5.66 Å². The van der Waals surface area contributed by atoms with Gasteiger partial charge in [0.05, 0.1) is 12.6 Å². The lowest BCUT2D eigenvalue weighted by Gasteiger charge is -2.47. The number of amidine groups is 1. The Morgan fingerprint density at radius 1 is 1.11 bits per heavy atom. The maximum Gasteiger partial charge on any atom is 0.275 e. The molecule has 2 aliphatic rings. The molecule has 4 rings (SSSR count). The van der Waals surface area contributed by atoms with Crippen molar-refractivity contribution in [3.05, 3.63) is 69.2 Å². The molecule has 0 radical (unpaired) electrons. The Kier molecular flexibility index (Phi) is 11.5. The van der Waals surface area contributed by atoms with Crippen LogP contribution in [0.3, 0.4) is 0 Å². The van der Waals surface area contributed by atoms with Gasteiger partial charge in [0.25, 0.3) is 11.8 Å². The average molecular weight is 670 g/mol. The van der Waals surface area contributed by atoms with Crippen molar-refractivity contribution in [2.24, 2.45) is 32.3 Å². The predicted octanol–water partition coefficient (Wildman–Crippen LogP) is 5.85. The maximum absolute atomic E-state index is 14.6. The van der Waals surface area contributed by atoms with E-state index in [9.17, 15) is 9.59 Å². The summed E-state index contributed by atoms with van der Waals surface area (Å²) < 4.78 is 0. The lowest BCUT2D eigenvalue weighted by Crippen LogP contribution is -2.55. The number of benzene rings is 2. The SMILES string of the molecule is C=NN/N=C(\N)CNC(=O)c1ccc([C@@H](CCC(C)(C)C)N2C(=O)C(c3cc(Cl)cc(Cl)c3)=NC23CCN(CC(C)C)CC3)cc1. The predicted molar refractivity (Wildman–Crippen MR) is 188 cm³/mol. The molecule has 2 aliphatic heterocycles. The second-order valence-electron chi connectivity index (χ2n) is 13.8. The van der Waals surface area contributed by atoms with E-state index in [1.807, 2.05) is 17.0 Å². The van der Waals surface area contributed by atoms with Gasteiger partial charge >= 0.3 is 0 Å². The van der Waals surface area contributed by atoms with E-state index in [1.54, 1.807) is 30.3 Å². The van der Waals surface area contributed by atoms with Crippen LogP contribution in [0.25, 0.3) is 0 Å². The third-order valence-electron chi connectivity index (χ3n) is 8.34. The number of hydrogen-bond donors (Lipinski definition) is 3. The molecule has 1 spiro atoms. The first-order chi connectivity index (χ1) is 21.7. The Balaban J connectivity index is 1.70. The molecule has 2 heterocycles. The highest BCUT2D eigenvalue weighted by Crippen LogP contribution is 2.45. The van der Waals surface area contributed by atoms with E-state index in [1.165, 1.54) is 0 Å². The van der Waals surface area contributed by atoms with Crippen LogP contribution in [0.15, 0.2) is 57.7 Å². The number of likely N-dealkylation sites (tertiary alicyclic amines) is 1. The summed E-state index contributed by atoms with van der Waals surface area (Å²) in [6.07, 6.45) is 3.04. The van der Waals surface area contributed by atoms with Gasteiger partial charge in [0.2, 0.25) is 0 Å². The van der Waals surface area contributed by atoms with Gasteiger partial charge in [-0.1, -0.05) is 70.0 Å². The number of hydrazone groups is 2. The van der Waals surface area contributed by atoms with E-state index in [0.29, 0.717) is 32.8 Å². The smallest absolute Gasteiger partial charge is 0.275 e. The minimum atomic E-state index is -0.710. The Morgan fingerprint density at radius 3 is 2.30 bits per heavy atom. The van der Waals surface area contributed by atoms with Gasteiger partial charge in [0, 0.05) is 60.4 Å². The molecule has 4 N–H and O–H groups in total. The molecule has 0 bridgehead atoms. The first kappa shape index (κ1) is 35.4. The summed E-state index contributed by atoms with van der Waals surface area (Å²) >= 11 is 12.8. The van der Waals surface area contributed by atoms with Crippen molar-refractivity contribution in [1.82, 2.24) is 20.7 Å². The number of rotatable bonds is 12. The summed E-state index contributed by atoms with van der Waals surface area (Å²) in [5, 5.41) is 10.8. The molecule has 1 saturated heterocycles. The molecule has 46 heavy (non-hydrogen) atoms. The molecule has 2 amide bonds. The number of carbonyl (C=O) groups is 2. The summed E-state index contributed by atoms with van der Waals surface area (Å²) in [5.41, 5.74) is 9.85. The minimum Gasteiger partial charge on any atom is -0.384 e. The van der Waals surface area contributed by atoms with Crippen LogP contribution < -0.4 is 16.6 Å². The van der Waals surface area contributed by atoms with Crippen molar-refractivity contribution in [2.75, 3.05) is 26.2 Å². The molecule has 2 aromatic rings. The van der Waals surface area contributed by atoms with Gasteiger partial charge in [-0.05, 0) is 60.1 Å². The fraction of sp³-hybridized carbons (Fsp3) is 0.500. The maximum atomic E-state index is 14.6. The van der Waals surface area contributed by atoms with Crippen LogP contribution in [-0.2, 0) is 4.79 Å². The monoisotopic (exact) mass is 668 g/mol. The number of nitrogens with zero attached hydrogens (tertiary/aromatic N) is 5. The lowest BCUT2D eigenvalue weighted by molar-refractivity contribution is -0.134. The molecular weight excluding hydrogens is 623 g/mol. The lowest BCUT2D eigenvalue weighted by atomic mass is 9.84. The highest BCUT2D eigenvalue weighted by molar-refractivity contribution is 6.47. The number of nitrogens with two attached hydrogens (primary N) is 1. The van der Waals surface area contributed by atoms with Crippen LogP contribution in [0.5, 0.6) is 0 Å². The third-order valence-corrected chi connectivity index (χ3v) is 8.77. The fourth-order valence-corrected chi connectivity index (χ4v) is 6.70. The van der Waals surface area contributed by atoms with Crippen molar-refractivity contribution in [3.63, 3.8) is 0 Å². The number of piperidine rings is 1. The summed E-state index contributed by atoms with van der Waals surface area (Å²) in [6.45, 7) is 17.0. The second-order valence-corrected chi connectivity index (χ2v) is 14.6. The van der Waals surface area contributed by atoms with E-state index in [2.05, 4.69) is 67.3 Å². The highest BCUT2D eigenvalue weighted by Gasteiger charge is 2.51. The summed E-state index contributed by atoms with van der Waals surface area (Å²) in [6, 6.07) is 12.3. The molecule has 0 unspecified atom stereocenters. The summed E-state index contributed by atoms with van der Waals surface area (Å²) in [7, 11) is 0. The number of hydrogen-bond acceptors (Lipinski definition) is 7. The van der Waals surface area contributed by atoms with Gasteiger partial charge in [-0.3, -0.25) is 14.6 Å². The highest BCUT2D eigenvalue weighted by atomic mass is 35.5. The van der Waals surface area contributed by atoms with Gasteiger partial charge < -0.3 is 20.9 Å². The van der Waals surface area contributed by atoms with Crippen molar-refractivity contribution in [3.8, 4) is 0 Å². The second kappa shape index (κ2) is 15.0. The Labute approximate surface area is 282 Å². The molecule has 248 valence electrons. The number of amides is 2. The zero-order valence-corrected chi connectivity index (χ0v) is 29.0. The van der Waals surface area contributed by atoms with Crippen LogP contribution in [0.1, 0.15) is 87.8 Å². The van der Waals surface area contributed by atoms with Gasteiger partial charge in [0.1, 0.15) is 17.2 Å². The van der Waals surface area contributed by atoms with Crippen molar-refractivity contribution >= 4 is 53.3 Å². The Hall–Kier alpha value is -3.47. The molecule has 12 heteroatoms. The first-order valence-electron chi connectivity index (χ1n) is 15.7. The zero-order chi connectivity index (χ0) is 33.6. The molecule has 0 aliphatic carbocycles. The summed E-state index contributed by atoms with van der Waals surface area (Å²) in [5.74, 6) is 0.280. The van der Waals surface area contributed by atoms with E-state index in [4.69, 9.17) is 33.9 Å². The van der Waals surface area contributed by atoms with Crippen LogP contribution in [0, 0.1) is 11.3 Å². The number of aliphatic imine (C=N–C) groups is 1. The van der Waals surface area contributed by atoms with Crippen LogP contribution in [-0.4, -0.2) is 71.7 Å². The number of nitrogens with one attached hydrogen (secondary N) is 2. The molecule has 0 saturated carbocycles. The standard InChI is InChI=1S/C34H46Cl2N8O2/c1-22(2)21-43-15-13-34(14-16-43)40-30(25-17-26(35)19-27(36)18-25)32(46)44(34)28(11-12-33(3,4)5)23-7-9-24(10-8-23)31(45)39-20-29(37)41-42-38-6/h7-10,17-19,22,28,42H,6,11-16,20-21H2,1-5H3,(H2,37,41)(H,39,45)/t28-/m1/s1. The Bertz CT molecular complexity index is 1450. The minimum absolute atomic E-state index is 0.0380. The average Bonchev–Trinajstić information content (AvgIpc) is 3.26. The largest absolute Gasteiger partial charge is 0.384 e. The van der Waals surface area contributed by atoms with Crippen LogP contribution in [0.2, 0.25) is 10.0 Å². The van der Waals surface area contributed by atoms with Crippen molar-refractivity contribution in [1.29, 1.82) is 0 Å². The third kappa shape index (κ3) is 8.86. The van der Waals surface area contributed by atoms with Crippen molar-refractivity contribution in [2.45, 2.75) is 72.0 Å². The van der Waals surface area contributed by atoms with E-state index in [0.717, 1.165) is 50.9 Å². The topological polar surface area (TPSA) is 128 Å². The first-order valence-corrected chi connectivity index (χ1v) is 16.5. The summed E-state index contributed by atoms with van der Waals surface area (Å²) in [4.78, 5) is 37.2. The van der Waals surface area contributed by atoms with Gasteiger partial charge in [-0.15, -0.1) is 5.10 Å². The van der Waals surface area contributed by atoms with E-state index >= 15 is 0 Å². The normalized spacial score (nSPS) is 17.7. The van der Waals surface area contributed by atoms with Crippen LogP contribution in [0.4, 0.5) is 0 Å². The molecule has 1 fully saturated rings. The fourth-order valence-electron chi connectivity index (χ4n) is 6.17. The molecular formula is C34H46Cl2N8O2. The van der Waals surface area contributed by atoms with Crippen LogP contribution >= 0.6 is 23.2 Å². The van der Waals surface area contributed by atoms with E-state index in [-0.39, 0.29) is 35.7 Å². The quantitative estimate of drug-likeness (QED) is 0.149. The number of carbonyl (C=O) groups excluding carboxylic acids is 2. The molecule has 1 atom stereocenters. The van der Waals surface area contributed by atoms with Gasteiger partial charge in [-0.2, -0.15) is 10.6 Å².